The van der Waals surface area contributed by atoms with Crippen molar-refractivity contribution in [3.05, 3.63) is 57.6 Å². The average Bonchev–Trinajstić information content (AvgIpc) is 2.67. The van der Waals surface area contributed by atoms with Gasteiger partial charge in [0.05, 0.1) is 17.7 Å². The molecule has 0 aromatic heterocycles. The molecular weight excluding hydrogens is 382 g/mol. The van der Waals surface area contributed by atoms with Crippen LogP contribution in [0.4, 0.5) is 11.4 Å². The van der Waals surface area contributed by atoms with Gasteiger partial charge in [-0.05, 0) is 57.1 Å². The molecule has 0 saturated carbocycles. The SMILES string of the molecule is COc1ccc(NS(=O)(=O)c2ccccc2[N+](=O)[O-])c2c1CC(N(C)C)CC2. The van der Waals surface area contributed by atoms with Gasteiger partial charge in [-0.1, -0.05) is 12.1 Å². The van der Waals surface area contributed by atoms with E-state index in [0.717, 1.165) is 29.7 Å². The molecule has 1 unspecified atom stereocenters. The molecule has 150 valence electrons. The molecule has 1 atom stereocenters. The van der Waals surface area contributed by atoms with Crippen molar-refractivity contribution < 1.29 is 18.1 Å². The molecule has 3 rings (SSSR count). The van der Waals surface area contributed by atoms with E-state index in [9.17, 15) is 18.5 Å². The van der Waals surface area contributed by atoms with E-state index < -0.39 is 20.6 Å². The molecule has 0 heterocycles. The zero-order valence-corrected chi connectivity index (χ0v) is 16.8. The van der Waals surface area contributed by atoms with Crippen LogP contribution in [0.3, 0.4) is 0 Å². The molecule has 1 N–H and O–H groups in total. The topological polar surface area (TPSA) is 102 Å². The number of nitro groups is 1. The second-order valence-electron chi connectivity index (χ2n) is 6.96. The second kappa shape index (κ2) is 7.76. The summed E-state index contributed by atoms with van der Waals surface area (Å²) in [7, 11) is 1.51. The highest BCUT2D eigenvalue weighted by Crippen LogP contribution is 2.37. The Kier molecular flexibility index (Phi) is 5.57. The van der Waals surface area contributed by atoms with Crippen molar-refractivity contribution in [1.29, 1.82) is 0 Å². The number of benzene rings is 2. The van der Waals surface area contributed by atoms with E-state index in [4.69, 9.17) is 4.74 Å². The maximum Gasteiger partial charge on any atom is 0.289 e. The standard InChI is InChI=1S/C19H23N3O5S/c1-21(2)13-8-9-14-15(12-13)18(27-3)11-10-16(14)20-28(25,26)19-7-5-4-6-17(19)22(23)24/h4-7,10-11,13,20H,8-9,12H2,1-3H3. The molecule has 8 nitrogen and oxygen atoms in total. The van der Waals surface area contributed by atoms with E-state index in [1.165, 1.54) is 24.3 Å². The summed E-state index contributed by atoms with van der Waals surface area (Å²) >= 11 is 0. The quantitative estimate of drug-likeness (QED) is 0.586. The van der Waals surface area contributed by atoms with Crippen LogP contribution in [0.25, 0.3) is 0 Å². The van der Waals surface area contributed by atoms with E-state index in [1.54, 1.807) is 19.2 Å². The lowest BCUT2D eigenvalue weighted by atomic mass is 9.86. The van der Waals surface area contributed by atoms with Crippen LogP contribution in [-0.4, -0.2) is 45.5 Å². The number of nitrogens with one attached hydrogen (secondary N) is 1. The molecule has 0 radical (unpaired) electrons. The molecule has 0 amide bonds. The second-order valence-corrected chi connectivity index (χ2v) is 8.61. The fraction of sp³-hybridized carbons (Fsp3) is 0.368. The number of ether oxygens (including phenoxy) is 1. The summed E-state index contributed by atoms with van der Waals surface area (Å²) in [5, 5.41) is 11.2. The summed E-state index contributed by atoms with van der Waals surface area (Å²) in [5.74, 6) is 0.718. The van der Waals surface area contributed by atoms with Crippen molar-refractivity contribution in [3.8, 4) is 5.75 Å². The number of likely N-dealkylation sites (N-methyl/N-ethyl adjacent to an activating group) is 1. The van der Waals surface area contributed by atoms with Crippen LogP contribution in [0.5, 0.6) is 5.75 Å². The van der Waals surface area contributed by atoms with Crippen molar-refractivity contribution in [1.82, 2.24) is 4.90 Å². The minimum absolute atomic E-state index is 0.337. The number of rotatable bonds is 6. The molecule has 0 spiro atoms. The Hall–Kier alpha value is -2.65. The van der Waals surface area contributed by atoms with E-state index in [0.29, 0.717) is 18.2 Å². The summed E-state index contributed by atoms with van der Waals surface area (Å²) in [4.78, 5) is 12.3. The molecule has 0 fully saturated rings. The van der Waals surface area contributed by atoms with Gasteiger partial charge >= 0.3 is 0 Å². The maximum atomic E-state index is 12.9. The normalized spacial score (nSPS) is 16.5. The number of nitrogens with zero attached hydrogens (tertiary/aromatic N) is 2. The molecule has 0 aliphatic heterocycles. The molecule has 1 aliphatic carbocycles. The summed E-state index contributed by atoms with van der Waals surface area (Å²) in [6.07, 6.45) is 2.31. The molecule has 1 aliphatic rings. The Labute approximate surface area is 164 Å². The summed E-state index contributed by atoms with van der Waals surface area (Å²) in [5.41, 5.74) is 1.83. The van der Waals surface area contributed by atoms with E-state index in [-0.39, 0.29) is 4.90 Å². The van der Waals surface area contributed by atoms with E-state index in [1.807, 2.05) is 14.1 Å². The Morgan fingerprint density at radius 3 is 2.54 bits per heavy atom. The van der Waals surface area contributed by atoms with Crippen LogP contribution >= 0.6 is 0 Å². The first kappa shape index (κ1) is 20.1. The highest BCUT2D eigenvalue weighted by molar-refractivity contribution is 7.92. The Balaban J connectivity index is 2.02. The average molecular weight is 405 g/mol. The number of nitro benzene ring substituents is 1. The van der Waals surface area contributed by atoms with E-state index in [2.05, 4.69) is 9.62 Å². The molecule has 2 aromatic rings. The van der Waals surface area contributed by atoms with Gasteiger partial charge < -0.3 is 9.64 Å². The monoisotopic (exact) mass is 405 g/mol. The lowest BCUT2D eigenvalue weighted by Crippen LogP contribution is -2.34. The fourth-order valence-corrected chi connectivity index (χ4v) is 4.86. The number of fused-ring (bicyclic) bond motifs is 1. The van der Waals surface area contributed by atoms with Gasteiger partial charge in [-0.15, -0.1) is 0 Å². The van der Waals surface area contributed by atoms with Gasteiger partial charge in [0.2, 0.25) is 0 Å². The Morgan fingerprint density at radius 2 is 1.89 bits per heavy atom. The van der Waals surface area contributed by atoms with Gasteiger partial charge in [0.15, 0.2) is 4.90 Å². The number of hydrogen-bond acceptors (Lipinski definition) is 6. The van der Waals surface area contributed by atoms with Gasteiger partial charge in [0, 0.05) is 17.7 Å². The molecular formula is C19H23N3O5S. The van der Waals surface area contributed by atoms with Crippen LogP contribution in [0.2, 0.25) is 0 Å². The van der Waals surface area contributed by atoms with Crippen LogP contribution < -0.4 is 9.46 Å². The number of sulfonamides is 1. The van der Waals surface area contributed by atoms with Crippen molar-refractivity contribution in [2.24, 2.45) is 0 Å². The minimum atomic E-state index is -4.11. The van der Waals surface area contributed by atoms with Crippen LogP contribution in [0.1, 0.15) is 17.5 Å². The lowest BCUT2D eigenvalue weighted by molar-refractivity contribution is -0.387. The predicted octanol–water partition coefficient (Wildman–Crippen LogP) is 2.82. The summed E-state index contributed by atoms with van der Waals surface area (Å²) < 4.78 is 33.8. The number of methoxy groups -OCH3 is 1. The fourth-order valence-electron chi connectivity index (χ4n) is 3.59. The summed E-state index contributed by atoms with van der Waals surface area (Å²) in [6.45, 7) is 0. The highest BCUT2D eigenvalue weighted by Gasteiger charge is 2.29. The van der Waals surface area contributed by atoms with Crippen LogP contribution in [-0.2, 0) is 22.9 Å². The van der Waals surface area contributed by atoms with Gasteiger partial charge in [-0.25, -0.2) is 8.42 Å². The van der Waals surface area contributed by atoms with Crippen molar-refractivity contribution in [3.63, 3.8) is 0 Å². The smallest absolute Gasteiger partial charge is 0.289 e. The third-order valence-corrected chi connectivity index (χ3v) is 6.51. The molecule has 0 saturated heterocycles. The van der Waals surface area contributed by atoms with E-state index >= 15 is 0 Å². The summed E-state index contributed by atoms with van der Waals surface area (Å²) in [6, 6.07) is 9.04. The Bertz CT molecular complexity index is 1000. The van der Waals surface area contributed by atoms with Crippen LogP contribution in [0, 0.1) is 10.1 Å². The first-order valence-corrected chi connectivity index (χ1v) is 10.3. The third kappa shape index (κ3) is 3.81. The van der Waals surface area contributed by atoms with Gasteiger partial charge in [0.25, 0.3) is 15.7 Å². The van der Waals surface area contributed by atoms with Gasteiger partial charge in [-0.2, -0.15) is 0 Å². The zero-order valence-electron chi connectivity index (χ0n) is 16.0. The predicted molar refractivity (Wildman–Crippen MR) is 106 cm³/mol. The molecule has 0 bridgehead atoms. The first-order chi connectivity index (χ1) is 13.2. The number of hydrogen-bond donors (Lipinski definition) is 1. The van der Waals surface area contributed by atoms with Crippen molar-refractivity contribution in [2.45, 2.75) is 30.2 Å². The lowest BCUT2D eigenvalue weighted by Gasteiger charge is -2.32. The largest absolute Gasteiger partial charge is 0.496 e. The third-order valence-electron chi connectivity index (χ3n) is 5.10. The molecule has 28 heavy (non-hydrogen) atoms. The van der Waals surface area contributed by atoms with Crippen LogP contribution in [0.15, 0.2) is 41.3 Å². The maximum absolute atomic E-state index is 12.9. The molecule has 9 heteroatoms. The molecule has 2 aromatic carbocycles. The number of anilines is 1. The van der Waals surface area contributed by atoms with Gasteiger partial charge in [0.1, 0.15) is 5.75 Å². The minimum Gasteiger partial charge on any atom is -0.496 e. The zero-order chi connectivity index (χ0) is 20.5. The number of para-hydroxylation sites is 1. The highest BCUT2D eigenvalue weighted by atomic mass is 32.2. The van der Waals surface area contributed by atoms with Crippen molar-refractivity contribution in [2.75, 3.05) is 25.9 Å². The van der Waals surface area contributed by atoms with Crippen molar-refractivity contribution >= 4 is 21.4 Å². The Morgan fingerprint density at radius 1 is 1.18 bits per heavy atom. The first-order valence-electron chi connectivity index (χ1n) is 8.86. The van der Waals surface area contributed by atoms with Gasteiger partial charge in [-0.3, -0.25) is 14.8 Å².